The summed E-state index contributed by atoms with van der Waals surface area (Å²) in [5, 5.41) is 14.8. The molecule has 2 rings (SSSR count). The van der Waals surface area contributed by atoms with Gasteiger partial charge in [0.1, 0.15) is 0 Å². The third kappa shape index (κ3) is 3.31. The molecule has 92 valence electrons. The molecule has 0 fully saturated rings. The van der Waals surface area contributed by atoms with Crippen LogP contribution in [-0.2, 0) is 13.0 Å². The number of tetrazole rings is 1. The van der Waals surface area contributed by atoms with E-state index in [0.29, 0.717) is 13.0 Å². The molecule has 0 spiro atoms. The number of nitrogens with two attached hydrogens (primary N) is 1. The summed E-state index contributed by atoms with van der Waals surface area (Å²) in [6.07, 6.45) is 2.69. The molecule has 0 aromatic carbocycles. The van der Waals surface area contributed by atoms with Gasteiger partial charge in [-0.15, -0.1) is 16.4 Å². The average Bonchev–Trinajstić information content (AvgIpc) is 2.90. The number of thiazole rings is 1. The third-order valence-electron chi connectivity index (χ3n) is 2.44. The zero-order valence-electron chi connectivity index (χ0n) is 9.83. The molecule has 7 heteroatoms. The summed E-state index contributed by atoms with van der Waals surface area (Å²) in [4.78, 5) is 4.41. The molecule has 0 radical (unpaired) electrons. The fourth-order valence-corrected chi connectivity index (χ4v) is 2.19. The molecular formula is C10H16N6S. The molecule has 0 aliphatic heterocycles. The molecule has 2 aromatic heterocycles. The van der Waals surface area contributed by atoms with E-state index in [1.54, 1.807) is 11.3 Å². The number of nitrogens with zero attached hydrogens (tertiary/aromatic N) is 5. The second-order valence-corrected chi connectivity index (χ2v) is 4.91. The van der Waals surface area contributed by atoms with E-state index >= 15 is 0 Å². The Morgan fingerprint density at radius 1 is 1.41 bits per heavy atom. The molecule has 0 saturated heterocycles. The van der Waals surface area contributed by atoms with Crippen LogP contribution in [0.15, 0.2) is 5.38 Å². The van der Waals surface area contributed by atoms with Crippen molar-refractivity contribution in [2.75, 3.05) is 6.54 Å². The Balaban J connectivity index is 1.98. The Morgan fingerprint density at radius 3 is 3.00 bits per heavy atom. The molecule has 0 aliphatic carbocycles. The first-order valence-corrected chi connectivity index (χ1v) is 6.53. The van der Waals surface area contributed by atoms with Gasteiger partial charge in [-0.1, -0.05) is 0 Å². The van der Waals surface area contributed by atoms with Crippen molar-refractivity contribution in [1.29, 1.82) is 0 Å². The molecular weight excluding hydrogens is 236 g/mol. The highest BCUT2D eigenvalue weighted by Crippen LogP contribution is 2.11. The lowest BCUT2D eigenvalue weighted by atomic mass is 10.3. The van der Waals surface area contributed by atoms with Crippen LogP contribution < -0.4 is 5.73 Å². The molecule has 17 heavy (non-hydrogen) atoms. The largest absolute Gasteiger partial charge is 0.330 e. The van der Waals surface area contributed by atoms with Gasteiger partial charge in [-0.2, -0.15) is 0 Å². The number of unbranched alkanes of at least 4 members (excludes halogenated alkanes) is 1. The smallest absolute Gasteiger partial charge is 0.157 e. The van der Waals surface area contributed by atoms with E-state index in [1.165, 1.54) is 0 Å². The van der Waals surface area contributed by atoms with Gasteiger partial charge in [0, 0.05) is 11.9 Å². The van der Waals surface area contributed by atoms with Gasteiger partial charge in [0.2, 0.25) is 0 Å². The first-order valence-electron chi connectivity index (χ1n) is 5.65. The van der Waals surface area contributed by atoms with Crippen LogP contribution in [0.2, 0.25) is 0 Å². The standard InChI is InChI=1S/C10H16N6S/c1-8-12-9(7-17-8)6-10-13-14-15-16(10)5-3-2-4-11/h7H,2-6,11H2,1H3. The van der Waals surface area contributed by atoms with E-state index in [2.05, 4.69) is 20.5 Å². The van der Waals surface area contributed by atoms with Crippen LogP contribution in [0.5, 0.6) is 0 Å². The van der Waals surface area contributed by atoms with Crippen molar-refractivity contribution in [1.82, 2.24) is 25.2 Å². The first-order chi connectivity index (χ1) is 8.29. The predicted molar refractivity (Wildman–Crippen MR) is 65.8 cm³/mol. The Morgan fingerprint density at radius 2 is 2.29 bits per heavy atom. The molecule has 0 amide bonds. The Labute approximate surface area is 104 Å². The van der Waals surface area contributed by atoms with Crippen LogP contribution in [0, 0.1) is 6.92 Å². The molecule has 2 N–H and O–H groups in total. The zero-order chi connectivity index (χ0) is 12.1. The second kappa shape index (κ2) is 5.83. The van der Waals surface area contributed by atoms with Gasteiger partial charge in [0.25, 0.3) is 0 Å². The van der Waals surface area contributed by atoms with Gasteiger partial charge in [0.05, 0.1) is 17.1 Å². The van der Waals surface area contributed by atoms with Gasteiger partial charge >= 0.3 is 0 Å². The van der Waals surface area contributed by atoms with E-state index in [0.717, 1.165) is 35.9 Å². The fourth-order valence-electron chi connectivity index (χ4n) is 1.58. The molecule has 0 atom stereocenters. The Kier molecular flexibility index (Phi) is 4.16. The average molecular weight is 252 g/mol. The van der Waals surface area contributed by atoms with Gasteiger partial charge in [-0.05, 0) is 36.7 Å². The van der Waals surface area contributed by atoms with Crippen molar-refractivity contribution >= 4 is 11.3 Å². The number of hydrogen-bond donors (Lipinski definition) is 1. The quantitative estimate of drug-likeness (QED) is 0.768. The first kappa shape index (κ1) is 12.1. The number of aromatic nitrogens is 5. The van der Waals surface area contributed by atoms with Crippen molar-refractivity contribution < 1.29 is 0 Å². The maximum absolute atomic E-state index is 5.46. The van der Waals surface area contributed by atoms with Crippen molar-refractivity contribution in [3.8, 4) is 0 Å². The number of rotatable bonds is 6. The summed E-state index contributed by atoms with van der Waals surface area (Å²) >= 11 is 1.65. The van der Waals surface area contributed by atoms with Crippen LogP contribution in [0.3, 0.4) is 0 Å². The monoisotopic (exact) mass is 252 g/mol. The predicted octanol–water partition coefficient (Wildman–Crippen LogP) is 0.768. The van der Waals surface area contributed by atoms with Crippen LogP contribution in [0.25, 0.3) is 0 Å². The SMILES string of the molecule is Cc1nc(Cc2nnnn2CCCCN)cs1. The maximum atomic E-state index is 5.46. The van der Waals surface area contributed by atoms with Crippen molar-refractivity contribution in [3.05, 3.63) is 21.9 Å². The van der Waals surface area contributed by atoms with Gasteiger partial charge in [0.15, 0.2) is 5.82 Å². The summed E-state index contributed by atoms with van der Waals surface area (Å²) < 4.78 is 1.84. The van der Waals surface area contributed by atoms with E-state index in [9.17, 15) is 0 Å². The summed E-state index contributed by atoms with van der Waals surface area (Å²) in [5.41, 5.74) is 6.49. The van der Waals surface area contributed by atoms with E-state index in [4.69, 9.17) is 5.73 Å². The molecule has 6 nitrogen and oxygen atoms in total. The molecule has 0 aliphatic rings. The minimum atomic E-state index is 0.694. The minimum absolute atomic E-state index is 0.694. The number of aryl methyl sites for hydroxylation is 2. The molecule has 0 saturated carbocycles. The second-order valence-electron chi connectivity index (χ2n) is 3.85. The van der Waals surface area contributed by atoms with E-state index in [-0.39, 0.29) is 0 Å². The van der Waals surface area contributed by atoms with Crippen LogP contribution in [0.4, 0.5) is 0 Å². The third-order valence-corrected chi connectivity index (χ3v) is 3.26. The number of hydrogen-bond acceptors (Lipinski definition) is 6. The van der Waals surface area contributed by atoms with Crippen LogP contribution >= 0.6 is 11.3 Å². The highest BCUT2D eigenvalue weighted by Gasteiger charge is 2.08. The van der Waals surface area contributed by atoms with Crippen LogP contribution in [0.1, 0.15) is 29.4 Å². The topological polar surface area (TPSA) is 82.5 Å². The summed E-state index contributed by atoms with van der Waals surface area (Å²) in [6, 6.07) is 0. The zero-order valence-corrected chi connectivity index (χ0v) is 10.7. The summed E-state index contributed by atoms with van der Waals surface area (Å²) in [6.45, 7) is 3.53. The van der Waals surface area contributed by atoms with Crippen LogP contribution in [-0.4, -0.2) is 31.7 Å². The lowest BCUT2D eigenvalue weighted by Crippen LogP contribution is -2.08. The lowest BCUT2D eigenvalue weighted by molar-refractivity contribution is 0.529. The van der Waals surface area contributed by atoms with Crippen molar-refractivity contribution in [2.45, 2.75) is 32.7 Å². The van der Waals surface area contributed by atoms with Gasteiger partial charge in [-0.25, -0.2) is 9.67 Å². The lowest BCUT2D eigenvalue weighted by Gasteiger charge is -2.02. The highest BCUT2D eigenvalue weighted by atomic mass is 32.1. The highest BCUT2D eigenvalue weighted by molar-refractivity contribution is 7.09. The normalized spacial score (nSPS) is 10.9. The summed E-state index contributed by atoms with van der Waals surface area (Å²) in [7, 11) is 0. The van der Waals surface area contributed by atoms with Crippen molar-refractivity contribution in [3.63, 3.8) is 0 Å². The molecule has 2 aromatic rings. The Bertz CT molecular complexity index is 463. The van der Waals surface area contributed by atoms with E-state index in [1.807, 2.05) is 17.0 Å². The minimum Gasteiger partial charge on any atom is -0.330 e. The van der Waals surface area contributed by atoms with Crippen molar-refractivity contribution in [2.24, 2.45) is 5.73 Å². The van der Waals surface area contributed by atoms with Gasteiger partial charge in [-0.3, -0.25) is 0 Å². The molecule has 2 heterocycles. The molecule has 0 unspecified atom stereocenters. The maximum Gasteiger partial charge on any atom is 0.157 e. The summed E-state index contributed by atoms with van der Waals surface area (Å²) in [5.74, 6) is 0.868. The van der Waals surface area contributed by atoms with Gasteiger partial charge < -0.3 is 5.73 Å². The van der Waals surface area contributed by atoms with E-state index < -0.39 is 0 Å². The molecule has 0 bridgehead atoms. The Hall–Kier alpha value is -1.34. The fraction of sp³-hybridized carbons (Fsp3) is 0.600.